The minimum atomic E-state index is 0.317. The fraction of sp³-hybridized carbons (Fsp3) is 0.615. The normalized spacial score (nSPS) is 10.9. The lowest BCUT2D eigenvalue weighted by atomic mass is 10.4. The van der Waals surface area contributed by atoms with Gasteiger partial charge in [0.2, 0.25) is 0 Å². The fourth-order valence-electron chi connectivity index (χ4n) is 1.35. The Kier molecular flexibility index (Phi) is 7.96. The highest BCUT2D eigenvalue weighted by Crippen LogP contribution is 2.15. The third-order valence-electron chi connectivity index (χ3n) is 2.18. The lowest BCUT2D eigenvalue weighted by molar-refractivity contribution is 0.0770. The van der Waals surface area contributed by atoms with Crippen LogP contribution < -0.4 is 10.1 Å². The highest BCUT2D eigenvalue weighted by molar-refractivity contribution is 9.10. The molecule has 0 aliphatic heterocycles. The van der Waals surface area contributed by atoms with E-state index in [0.29, 0.717) is 12.7 Å². The molecule has 0 saturated carbocycles. The molecule has 5 heteroatoms. The number of nitrogens with zero attached hydrogens (tertiary/aromatic N) is 1. The minimum Gasteiger partial charge on any atom is -0.491 e. The van der Waals surface area contributed by atoms with Gasteiger partial charge in [-0.05, 0) is 48.8 Å². The average Bonchev–Trinajstić information content (AvgIpc) is 2.32. The molecule has 1 aromatic rings. The Bertz CT molecular complexity index is 335. The van der Waals surface area contributed by atoms with Gasteiger partial charge in [-0.3, -0.25) is 4.98 Å². The molecule has 18 heavy (non-hydrogen) atoms. The zero-order valence-corrected chi connectivity index (χ0v) is 12.6. The number of rotatable bonds is 9. The Morgan fingerprint density at radius 1 is 1.28 bits per heavy atom. The van der Waals surface area contributed by atoms with Crippen molar-refractivity contribution in [1.29, 1.82) is 0 Å². The Balaban J connectivity index is 1.96. The summed E-state index contributed by atoms with van der Waals surface area (Å²) in [6.45, 7) is 7.33. The summed E-state index contributed by atoms with van der Waals surface area (Å²) in [6.07, 6.45) is 4.79. The van der Waals surface area contributed by atoms with Crippen molar-refractivity contribution in [1.82, 2.24) is 10.3 Å². The maximum Gasteiger partial charge on any atom is 0.138 e. The largest absolute Gasteiger partial charge is 0.491 e. The first-order valence-corrected chi connectivity index (χ1v) is 7.03. The van der Waals surface area contributed by atoms with Crippen LogP contribution in [0.4, 0.5) is 0 Å². The molecular formula is C13H21BrN2O2. The quantitative estimate of drug-likeness (QED) is 0.711. The van der Waals surface area contributed by atoms with Crippen LogP contribution in [0, 0.1) is 0 Å². The van der Waals surface area contributed by atoms with Crippen molar-refractivity contribution in [2.24, 2.45) is 0 Å². The van der Waals surface area contributed by atoms with Gasteiger partial charge in [0.1, 0.15) is 12.4 Å². The number of hydrogen-bond acceptors (Lipinski definition) is 4. The summed E-state index contributed by atoms with van der Waals surface area (Å²) < 4.78 is 11.9. The van der Waals surface area contributed by atoms with Crippen molar-refractivity contribution >= 4 is 15.9 Å². The first kappa shape index (κ1) is 15.4. The van der Waals surface area contributed by atoms with Crippen LogP contribution in [0.5, 0.6) is 5.75 Å². The van der Waals surface area contributed by atoms with Crippen molar-refractivity contribution in [3.8, 4) is 5.75 Å². The Hall–Kier alpha value is -0.650. The van der Waals surface area contributed by atoms with Gasteiger partial charge < -0.3 is 14.8 Å². The maximum atomic E-state index is 5.55. The SMILES string of the molecule is CC(C)OCCCNCCOc1cncc(Br)c1. The van der Waals surface area contributed by atoms with E-state index in [2.05, 4.69) is 26.2 Å². The molecule has 1 aromatic heterocycles. The first-order valence-electron chi connectivity index (χ1n) is 6.24. The van der Waals surface area contributed by atoms with Crippen LogP contribution in [0.15, 0.2) is 22.9 Å². The van der Waals surface area contributed by atoms with Crippen molar-refractivity contribution in [3.63, 3.8) is 0 Å². The zero-order valence-electron chi connectivity index (χ0n) is 11.0. The molecule has 1 N–H and O–H groups in total. The molecule has 0 bridgehead atoms. The lowest BCUT2D eigenvalue weighted by Gasteiger charge is -2.09. The lowest BCUT2D eigenvalue weighted by Crippen LogP contribution is -2.23. The summed E-state index contributed by atoms with van der Waals surface area (Å²) in [5.74, 6) is 0.786. The molecule has 0 amide bonds. The molecular weight excluding hydrogens is 296 g/mol. The second kappa shape index (κ2) is 9.30. The molecule has 0 aliphatic carbocycles. The smallest absolute Gasteiger partial charge is 0.138 e. The van der Waals surface area contributed by atoms with E-state index in [1.165, 1.54) is 0 Å². The summed E-state index contributed by atoms with van der Waals surface area (Å²) in [7, 11) is 0. The molecule has 0 aliphatic rings. The second-order valence-corrected chi connectivity index (χ2v) is 5.13. The van der Waals surface area contributed by atoms with E-state index in [1.807, 2.05) is 19.9 Å². The van der Waals surface area contributed by atoms with Gasteiger partial charge in [0.25, 0.3) is 0 Å². The van der Waals surface area contributed by atoms with Gasteiger partial charge in [0, 0.05) is 23.8 Å². The van der Waals surface area contributed by atoms with Crippen LogP contribution in [0.3, 0.4) is 0 Å². The summed E-state index contributed by atoms with van der Waals surface area (Å²) in [5, 5.41) is 3.31. The molecule has 0 saturated heterocycles. The molecule has 1 rings (SSSR count). The molecule has 0 spiro atoms. The minimum absolute atomic E-state index is 0.317. The monoisotopic (exact) mass is 316 g/mol. The van der Waals surface area contributed by atoms with Crippen molar-refractivity contribution in [3.05, 3.63) is 22.9 Å². The molecule has 0 atom stereocenters. The van der Waals surface area contributed by atoms with E-state index >= 15 is 0 Å². The molecule has 0 aromatic carbocycles. The van der Waals surface area contributed by atoms with Gasteiger partial charge >= 0.3 is 0 Å². The van der Waals surface area contributed by atoms with Gasteiger partial charge in [-0.2, -0.15) is 0 Å². The highest BCUT2D eigenvalue weighted by atomic mass is 79.9. The van der Waals surface area contributed by atoms with E-state index in [1.54, 1.807) is 12.4 Å². The van der Waals surface area contributed by atoms with Crippen LogP contribution in [0.1, 0.15) is 20.3 Å². The van der Waals surface area contributed by atoms with E-state index < -0.39 is 0 Å². The Morgan fingerprint density at radius 3 is 2.83 bits per heavy atom. The molecule has 102 valence electrons. The van der Waals surface area contributed by atoms with E-state index in [9.17, 15) is 0 Å². The highest BCUT2D eigenvalue weighted by Gasteiger charge is 1.96. The summed E-state index contributed by atoms with van der Waals surface area (Å²) in [4.78, 5) is 4.03. The number of aromatic nitrogens is 1. The fourth-order valence-corrected chi connectivity index (χ4v) is 1.70. The van der Waals surface area contributed by atoms with E-state index in [0.717, 1.165) is 36.3 Å². The molecule has 0 radical (unpaired) electrons. The van der Waals surface area contributed by atoms with Gasteiger partial charge in [-0.15, -0.1) is 0 Å². The van der Waals surface area contributed by atoms with E-state index in [-0.39, 0.29) is 0 Å². The maximum absolute atomic E-state index is 5.55. The van der Waals surface area contributed by atoms with Crippen molar-refractivity contribution < 1.29 is 9.47 Å². The van der Waals surface area contributed by atoms with Crippen LogP contribution in [0.2, 0.25) is 0 Å². The van der Waals surface area contributed by atoms with Crippen LogP contribution >= 0.6 is 15.9 Å². The third kappa shape index (κ3) is 7.63. The van der Waals surface area contributed by atoms with Gasteiger partial charge in [0.05, 0.1) is 12.3 Å². The average molecular weight is 317 g/mol. The molecule has 0 fully saturated rings. The van der Waals surface area contributed by atoms with Crippen LogP contribution in [-0.2, 0) is 4.74 Å². The number of hydrogen-bond donors (Lipinski definition) is 1. The Labute approximate surface area is 117 Å². The third-order valence-corrected chi connectivity index (χ3v) is 2.61. The van der Waals surface area contributed by atoms with Crippen molar-refractivity contribution in [2.45, 2.75) is 26.4 Å². The number of nitrogens with one attached hydrogen (secondary N) is 1. The first-order chi connectivity index (χ1) is 8.68. The zero-order chi connectivity index (χ0) is 13.2. The second-order valence-electron chi connectivity index (χ2n) is 4.21. The molecule has 0 unspecified atom stereocenters. The molecule has 4 nitrogen and oxygen atoms in total. The number of halogens is 1. The van der Waals surface area contributed by atoms with E-state index in [4.69, 9.17) is 9.47 Å². The van der Waals surface area contributed by atoms with Crippen LogP contribution in [-0.4, -0.2) is 37.4 Å². The number of ether oxygens (including phenoxy) is 2. The Morgan fingerprint density at radius 2 is 2.11 bits per heavy atom. The predicted molar refractivity (Wildman–Crippen MR) is 76.0 cm³/mol. The van der Waals surface area contributed by atoms with Gasteiger partial charge in [0.15, 0.2) is 0 Å². The van der Waals surface area contributed by atoms with Gasteiger partial charge in [-0.1, -0.05) is 0 Å². The summed E-state index contributed by atoms with van der Waals surface area (Å²) in [5.41, 5.74) is 0. The molecule has 1 heterocycles. The van der Waals surface area contributed by atoms with Gasteiger partial charge in [-0.25, -0.2) is 0 Å². The predicted octanol–water partition coefficient (Wildman–Crippen LogP) is 2.63. The summed E-state index contributed by atoms with van der Waals surface area (Å²) >= 11 is 3.35. The van der Waals surface area contributed by atoms with Crippen molar-refractivity contribution in [2.75, 3.05) is 26.3 Å². The topological polar surface area (TPSA) is 43.4 Å². The number of pyridine rings is 1. The standard InChI is InChI=1S/C13H21BrN2O2/c1-11(2)17-6-3-4-15-5-7-18-13-8-12(14)9-16-10-13/h8-11,15H,3-7H2,1-2H3. The van der Waals surface area contributed by atoms with Crippen LogP contribution in [0.25, 0.3) is 0 Å². The summed E-state index contributed by atoms with van der Waals surface area (Å²) in [6, 6.07) is 1.91.